The van der Waals surface area contributed by atoms with E-state index in [2.05, 4.69) is 15.2 Å². The summed E-state index contributed by atoms with van der Waals surface area (Å²) in [6.45, 7) is 3.21. The highest BCUT2D eigenvalue weighted by molar-refractivity contribution is 6.30. The predicted molar refractivity (Wildman–Crippen MR) is 97.4 cm³/mol. The van der Waals surface area contributed by atoms with Gasteiger partial charge >= 0.3 is 0 Å². The summed E-state index contributed by atoms with van der Waals surface area (Å²) in [5.41, 5.74) is 1.24. The van der Waals surface area contributed by atoms with Crippen molar-refractivity contribution < 1.29 is 14.7 Å². The van der Waals surface area contributed by atoms with Gasteiger partial charge in [0.05, 0.1) is 18.4 Å². The Hall–Kier alpha value is -2.55. The molecule has 2 aromatic heterocycles. The number of benzene rings is 1. The van der Waals surface area contributed by atoms with Gasteiger partial charge in [0.25, 0.3) is 5.56 Å². The van der Waals surface area contributed by atoms with Gasteiger partial charge in [-0.25, -0.2) is 4.68 Å². The molecule has 3 aromatic rings. The molecule has 8 nitrogen and oxygen atoms in total. The maximum atomic E-state index is 12.3. The third-order valence-electron chi connectivity index (χ3n) is 4.20. The zero-order valence-electron chi connectivity index (χ0n) is 14.8. The Bertz CT molecular complexity index is 982. The van der Waals surface area contributed by atoms with Crippen LogP contribution in [0.4, 0.5) is 0 Å². The minimum atomic E-state index is -0.805. The van der Waals surface area contributed by atoms with Crippen LogP contribution in [0.3, 0.4) is 0 Å². The minimum Gasteiger partial charge on any atom is -0.389 e. The number of rotatable bonds is 6. The van der Waals surface area contributed by atoms with Crippen molar-refractivity contribution in [2.24, 2.45) is 0 Å². The van der Waals surface area contributed by atoms with E-state index in [0.717, 1.165) is 0 Å². The zero-order chi connectivity index (χ0) is 19.6. The number of hydrogen-bond donors (Lipinski definition) is 2. The van der Waals surface area contributed by atoms with Crippen molar-refractivity contribution >= 4 is 11.6 Å². The fourth-order valence-corrected chi connectivity index (χ4v) is 2.80. The van der Waals surface area contributed by atoms with Gasteiger partial charge in [-0.2, -0.15) is 10.1 Å². The summed E-state index contributed by atoms with van der Waals surface area (Å²) in [5.74, 6) is 0.518. The highest BCUT2D eigenvalue weighted by Gasteiger charge is 2.16. The summed E-state index contributed by atoms with van der Waals surface area (Å²) in [4.78, 5) is 16.5. The van der Waals surface area contributed by atoms with Crippen molar-refractivity contribution in [1.29, 1.82) is 0 Å². The molecule has 0 aliphatic rings. The van der Waals surface area contributed by atoms with Gasteiger partial charge in [0.15, 0.2) is 5.82 Å². The standard InChI is InChI=1S/C18H19ClN4O4/c1-10-14(11(2)24)8-20-23(18(10)26)9-17-21-16(22-27-17)7-15(25)12-3-5-13(19)6-4-12/h3-6,8,11,15,24-25H,7,9H2,1-2H3/t11-,15-/m0/s1. The minimum absolute atomic E-state index is 0.00377. The maximum absolute atomic E-state index is 12.3. The van der Waals surface area contributed by atoms with E-state index < -0.39 is 12.2 Å². The van der Waals surface area contributed by atoms with Crippen LogP contribution in [0.1, 0.15) is 47.5 Å². The monoisotopic (exact) mass is 390 g/mol. The number of nitrogens with zero attached hydrogens (tertiary/aromatic N) is 4. The third-order valence-corrected chi connectivity index (χ3v) is 4.45. The van der Waals surface area contributed by atoms with Crippen LogP contribution in [0.5, 0.6) is 0 Å². The highest BCUT2D eigenvalue weighted by atomic mass is 35.5. The second-order valence-corrected chi connectivity index (χ2v) is 6.68. The number of aliphatic hydroxyl groups is 2. The molecule has 0 saturated carbocycles. The molecule has 0 bridgehead atoms. The first kappa shape index (κ1) is 19.2. The molecule has 142 valence electrons. The third kappa shape index (κ3) is 4.41. The van der Waals surface area contributed by atoms with Crippen LogP contribution in [0.25, 0.3) is 0 Å². The van der Waals surface area contributed by atoms with Gasteiger partial charge in [-0.05, 0) is 31.5 Å². The summed E-state index contributed by atoms with van der Waals surface area (Å²) >= 11 is 5.84. The van der Waals surface area contributed by atoms with Crippen LogP contribution < -0.4 is 5.56 Å². The molecule has 0 fully saturated rings. The molecule has 9 heteroatoms. The molecule has 0 aliphatic heterocycles. The molecule has 3 rings (SSSR count). The molecule has 27 heavy (non-hydrogen) atoms. The van der Waals surface area contributed by atoms with E-state index in [-0.39, 0.29) is 24.4 Å². The van der Waals surface area contributed by atoms with Crippen molar-refractivity contribution in [2.45, 2.75) is 39.0 Å². The summed E-state index contributed by atoms with van der Waals surface area (Å²) in [5, 5.41) is 28.4. The largest absolute Gasteiger partial charge is 0.389 e. The van der Waals surface area contributed by atoms with E-state index in [1.165, 1.54) is 10.9 Å². The van der Waals surface area contributed by atoms with Crippen LogP contribution in [0, 0.1) is 6.92 Å². The molecule has 0 radical (unpaired) electrons. The van der Waals surface area contributed by atoms with Gasteiger partial charge in [0, 0.05) is 22.6 Å². The normalized spacial score (nSPS) is 13.5. The predicted octanol–water partition coefficient (Wildman–Crippen LogP) is 1.97. The quantitative estimate of drug-likeness (QED) is 0.661. The van der Waals surface area contributed by atoms with E-state index in [0.29, 0.717) is 27.5 Å². The van der Waals surface area contributed by atoms with Gasteiger partial charge in [0.1, 0.15) is 6.54 Å². The lowest BCUT2D eigenvalue weighted by atomic mass is 10.1. The molecule has 2 atom stereocenters. The first-order chi connectivity index (χ1) is 12.8. The zero-order valence-corrected chi connectivity index (χ0v) is 15.6. The summed E-state index contributed by atoms with van der Waals surface area (Å²) in [7, 11) is 0. The van der Waals surface area contributed by atoms with Gasteiger partial charge in [-0.3, -0.25) is 4.79 Å². The van der Waals surface area contributed by atoms with E-state index in [1.54, 1.807) is 38.1 Å². The molecule has 0 amide bonds. The summed E-state index contributed by atoms with van der Waals surface area (Å²) < 4.78 is 6.34. The Morgan fingerprint density at radius 2 is 1.96 bits per heavy atom. The lowest BCUT2D eigenvalue weighted by Crippen LogP contribution is -2.27. The van der Waals surface area contributed by atoms with E-state index in [1.807, 2.05) is 0 Å². The maximum Gasteiger partial charge on any atom is 0.270 e. The first-order valence-electron chi connectivity index (χ1n) is 8.35. The Kier molecular flexibility index (Phi) is 5.69. The van der Waals surface area contributed by atoms with Gasteiger partial charge in [-0.15, -0.1) is 0 Å². The molecule has 0 spiro atoms. The topological polar surface area (TPSA) is 114 Å². The lowest BCUT2D eigenvalue weighted by molar-refractivity contribution is 0.174. The number of halogens is 1. The molecule has 0 unspecified atom stereocenters. The van der Waals surface area contributed by atoms with Crippen LogP contribution in [0.15, 0.2) is 39.8 Å². The SMILES string of the molecule is Cc1c([C@H](C)O)cnn(Cc2nc(C[C@H](O)c3ccc(Cl)cc3)no2)c1=O. The number of aliphatic hydroxyl groups excluding tert-OH is 2. The summed E-state index contributed by atoms with van der Waals surface area (Å²) in [6, 6.07) is 6.84. The molecule has 0 saturated heterocycles. The van der Waals surface area contributed by atoms with E-state index in [4.69, 9.17) is 16.1 Å². The fourth-order valence-electron chi connectivity index (χ4n) is 2.67. The van der Waals surface area contributed by atoms with Gasteiger partial charge in [0.2, 0.25) is 5.89 Å². The summed E-state index contributed by atoms with van der Waals surface area (Å²) in [6.07, 6.45) is 0.0292. The molecule has 2 heterocycles. The van der Waals surface area contributed by atoms with Crippen LogP contribution in [-0.2, 0) is 13.0 Å². The van der Waals surface area contributed by atoms with E-state index >= 15 is 0 Å². The van der Waals surface area contributed by atoms with Crippen molar-refractivity contribution in [3.05, 3.63) is 74.2 Å². The second-order valence-electron chi connectivity index (χ2n) is 6.24. The molecular weight excluding hydrogens is 372 g/mol. The van der Waals surface area contributed by atoms with Gasteiger partial charge in [-0.1, -0.05) is 28.9 Å². The molecule has 0 aliphatic carbocycles. The average Bonchev–Trinajstić information content (AvgIpc) is 3.06. The smallest absolute Gasteiger partial charge is 0.270 e. The Labute approximate surface area is 160 Å². The fraction of sp³-hybridized carbons (Fsp3) is 0.333. The second kappa shape index (κ2) is 7.99. The molecule has 2 N–H and O–H groups in total. The van der Waals surface area contributed by atoms with Crippen molar-refractivity contribution in [3.8, 4) is 0 Å². The van der Waals surface area contributed by atoms with Crippen molar-refractivity contribution in [3.63, 3.8) is 0 Å². The van der Waals surface area contributed by atoms with Crippen LogP contribution in [0.2, 0.25) is 5.02 Å². The van der Waals surface area contributed by atoms with Crippen molar-refractivity contribution in [1.82, 2.24) is 19.9 Å². The lowest BCUT2D eigenvalue weighted by Gasteiger charge is -2.09. The average molecular weight is 391 g/mol. The first-order valence-corrected chi connectivity index (χ1v) is 8.72. The Morgan fingerprint density at radius 1 is 1.26 bits per heavy atom. The molecule has 1 aromatic carbocycles. The van der Waals surface area contributed by atoms with Gasteiger partial charge < -0.3 is 14.7 Å². The molecular formula is C18H19ClN4O4. The number of aromatic nitrogens is 4. The highest BCUT2D eigenvalue weighted by Crippen LogP contribution is 2.19. The Morgan fingerprint density at radius 3 is 2.63 bits per heavy atom. The number of hydrogen-bond acceptors (Lipinski definition) is 7. The van der Waals surface area contributed by atoms with Crippen molar-refractivity contribution in [2.75, 3.05) is 0 Å². The van der Waals surface area contributed by atoms with Crippen LogP contribution >= 0.6 is 11.6 Å². The van der Waals surface area contributed by atoms with Crippen LogP contribution in [-0.4, -0.2) is 30.1 Å². The Balaban J connectivity index is 1.72. The van der Waals surface area contributed by atoms with E-state index in [9.17, 15) is 15.0 Å².